The number of hydrogen-bond donors (Lipinski definition) is 0. The molecule has 0 unspecified atom stereocenters. The molecule has 0 atom stereocenters. The van der Waals surface area contributed by atoms with Crippen molar-refractivity contribution in [2.45, 2.75) is 0 Å². The van der Waals surface area contributed by atoms with Crippen LogP contribution in [0.3, 0.4) is 0 Å². The van der Waals surface area contributed by atoms with Crippen LogP contribution in [-0.2, 0) is 91.4 Å². The van der Waals surface area contributed by atoms with Crippen LogP contribution in [-0.4, -0.2) is 0 Å². The Kier molecular flexibility index (Phi) is 19.3. The van der Waals surface area contributed by atoms with Crippen LogP contribution >= 0.6 is 8.25 Å². The molecule has 0 aromatic heterocycles. The van der Waals surface area contributed by atoms with Crippen molar-refractivity contribution < 1.29 is 100 Å². The molecule has 0 heterocycles. The van der Waals surface area contributed by atoms with E-state index >= 15 is 0 Å². The third kappa shape index (κ3) is 9.85. The molecular formula is C12H10O3PTi4+. The van der Waals surface area contributed by atoms with Gasteiger partial charge in [0.15, 0.2) is 11.5 Å². The van der Waals surface area contributed by atoms with Gasteiger partial charge in [0, 0.05) is 91.4 Å². The summed E-state index contributed by atoms with van der Waals surface area (Å²) in [5.41, 5.74) is 0. The van der Waals surface area contributed by atoms with Gasteiger partial charge in [-0.3, -0.25) is 0 Å². The molecule has 0 aliphatic rings. The predicted octanol–water partition coefficient (Wildman–Crippen LogP) is 3.79. The minimum Gasteiger partial charge on any atom is -0.222 e. The molecule has 8 heteroatoms. The van der Waals surface area contributed by atoms with Crippen molar-refractivity contribution in [2.24, 2.45) is 0 Å². The van der Waals surface area contributed by atoms with Crippen molar-refractivity contribution in [1.82, 2.24) is 0 Å². The number of benzene rings is 2. The van der Waals surface area contributed by atoms with Gasteiger partial charge in [-0.05, 0) is 24.3 Å². The fourth-order valence-corrected chi connectivity index (χ4v) is 1.78. The second-order valence-electron chi connectivity index (χ2n) is 3.03. The first-order valence-electron chi connectivity index (χ1n) is 4.78. The summed E-state index contributed by atoms with van der Waals surface area (Å²) >= 11 is 0. The zero-order valence-corrected chi connectivity index (χ0v) is 17.6. The maximum atomic E-state index is 11.5. The largest absolute Gasteiger partial charge is 0.805 e. The summed E-state index contributed by atoms with van der Waals surface area (Å²) < 4.78 is 21.7. The summed E-state index contributed by atoms with van der Waals surface area (Å²) in [6.07, 6.45) is 0. The van der Waals surface area contributed by atoms with Gasteiger partial charge in [0.25, 0.3) is 0 Å². The maximum absolute atomic E-state index is 11.5. The molecule has 0 saturated carbocycles. The van der Waals surface area contributed by atoms with E-state index in [0.717, 1.165) is 0 Å². The number of para-hydroxylation sites is 2. The molecule has 0 saturated heterocycles. The molecule has 96 valence electrons. The molecule has 0 radical (unpaired) electrons. The zero-order valence-electron chi connectivity index (χ0n) is 10.4. The first-order chi connectivity index (χ1) is 7.84. The van der Waals surface area contributed by atoms with E-state index in [9.17, 15) is 4.57 Å². The van der Waals surface area contributed by atoms with Gasteiger partial charge < -0.3 is 0 Å². The second kappa shape index (κ2) is 14.9. The quantitative estimate of drug-likeness (QED) is 0.553. The molecule has 20 heavy (non-hydrogen) atoms. The molecular weight excluding hydrogens is 415 g/mol. The van der Waals surface area contributed by atoms with E-state index < -0.39 is 8.25 Å². The van der Waals surface area contributed by atoms with Gasteiger partial charge in [-0.15, -0.1) is 0 Å². The van der Waals surface area contributed by atoms with Crippen LogP contribution in [0.2, 0.25) is 0 Å². The Morgan fingerprint density at radius 3 is 1.20 bits per heavy atom. The van der Waals surface area contributed by atoms with Crippen LogP contribution in [0.1, 0.15) is 0 Å². The SMILES string of the molecule is O=[P+](Oc1ccccc1)Oc1ccccc1.[Ti].[Ti].[Ti].[Ti]. The Hall–Kier alpha value is 0.997. The van der Waals surface area contributed by atoms with E-state index in [1.54, 1.807) is 48.5 Å². The third-order valence-electron chi connectivity index (χ3n) is 1.85. The first-order valence-corrected chi connectivity index (χ1v) is 5.87. The van der Waals surface area contributed by atoms with Crippen LogP contribution in [0.5, 0.6) is 11.5 Å². The molecule has 0 aliphatic carbocycles. The van der Waals surface area contributed by atoms with E-state index in [-0.39, 0.29) is 86.9 Å². The van der Waals surface area contributed by atoms with Gasteiger partial charge in [0.1, 0.15) is 0 Å². The summed E-state index contributed by atoms with van der Waals surface area (Å²) in [6, 6.07) is 17.8. The molecule has 2 aromatic rings. The van der Waals surface area contributed by atoms with Gasteiger partial charge in [-0.1, -0.05) is 36.4 Å². The van der Waals surface area contributed by atoms with E-state index in [1.807, 2.05) is 12.1 Å². The van der Waals surface area contributed by atoms with E-state index in [4.69, 9.17) is 9.05 Å². The van der Waals surface area contributed by atoms with Crippen LogP contribution < -0.4 is 9.05 Å². The standard InChI is InChI=1S/C12H10O3P.4Ti/c13-16(14-11-7-3-1-4-8-11)15-12-9-5-2-6-10-12;;;;/h1-10H;;;;/q+1;;;;. The number of hydrogen-bond acceptors (Lipinski definition) is 3. The average Bonchev–Trinajstić information content (AvgIpc) is 2.31. The van der Waals surface area contributed by atoms with Gasteiger partial charge in [-0.25, -0.2) is 9.05 Å². The molecule has 0 aliphatic heterocycles. The van der Waals surface area contributed by atoms with Crippen LogP contribution in [0.4, 0.5) is 0 Å². The smallest absolute Gasteiger partial charge is 0.222 e. The Labute approximate surface area is 179 Å². The first kappa shape index (κ1) is 25.9. The molecule has 0 bridgehead atoms. The zero-order chi connectivity index (χ0) is 11.2. The minimum absolute atomic E-state index is 0. The van der Waals surface area contributed by atoms with Crippen LogP contribution in [0.25, 0.3) is 0 Å². The van der Waals surface area contributed by atoms with Crippen molar-refractivity contribution in [2.75, 3.05) is 0 Å². The molecule has 0 spiro atoms. The van der Waals surface area contributed by atoms with Gasteiger partial charge in [-0.2, -0.15) is 0 Å². The molecule has 2 rings (SSSR count). The van der Waals surface area contributed by atoms with Crippen LogP contribution in [0.15, 0.2) is 60.7 Å². The van der Waals surface area contributed by atoms with Crippen LogP contribution in [0, 0.1) is 0 Å². The van der Waals surface area contributed by atoms with E-state index in [1.165, 1.54) is 0 Å². The molecule has 0 fully saturated rings. The molecule has 0 amide bonds. The van der Waals surface area contributed by atoms with Gasteiger partial charge >= 0.3 is 8.25 Å². The summed E-state index contributed by atoms with van der Waals surface area (Å²) in [4.78, 5) is 0. The summed E-state index contributed by atoms with van der Waals surface area (Å²) in [7, 11) is -2.18. The minimum atomic E-state index is -2.18. The predicted molar refractivity (Wildman–Crippen MR) is 61.7 cm³/mol. The normalized spacial score (nSPS) is 7.60. The van der Waals surface area contributed by atoms with Gasteiger partial charge in [0.2, 0.25) is 0 Å². The average molecular weight is 425 g/mol. The third-order valence-corrected chi connectivity index (χ3v) is 2.57. The Bertz CT molecular complexity index is 427. The van der Waals surface area contributed by atoms with E-state index in [0.29, 0.717) is 11.5 Å². The van der Waals surface area contributed by atoms with Crippen molar-refractivity contribution >= 4 is 8.25 Å². The monoisotopic (exact) mass is 425 g/mol. The van der Waals surface area contributed by atoms with Crippen molar-refractivity contribution in [1.29, 1.82) is 0 Å². The fourth-order valence-electron chi connectivity index (χ4n) is 1.15. The molecule has 2 aromatic carbocycles. The van der Waals surface area contributed by atoms with Crippen molar-refractivity contribution in [3.63, 3.8) is 0 Å². The summed E-state index contributed by atoms with van der Waals surface area (Å²) in [5, 5.41) is 0. The topological polar surface area (TPSA) is 35.5 Å². The number of rotatable bonds is 4. The second-order valence-corrected chi connectivity index (χ2v) is 3.84. The fraction of sp³-hybridized carbons (Fsp3) is 0. The van der Waals surface area contributed by atoms with Crippen molar-refractivity contribution in [3.8, 4) is 11.5 Å². The Morgan fingerprint density at radius 1 is 0.600 bits per heavy atom. The molecule has 3 nitrogen and oxygen atoms in total. The maximum Gasteiger partial charge on any atom is 0.805 e. The van der Waals surface area contributed by atoms with Gasteiger partial charge in [0.05, 0.1) is 0 Å². The Balaban J connectivity index is -0.000000722. The Morgan fingerprint density at radius 2 is 0.900 bits per heavy atom. The van der Waals surface area contributed by atoms with E-state index in [2.05, 4.69) is 0 Å². The summed E-state index contributed by atoms with van der Waals surface area (Å²) in [5.74, 6) is 1.05. The van der Waals surface area contributed by atoms with Crippen molar-refractivity contribution in [3.05, 3.63) is 60.7 Å². The summed E-state index contributed by atoms with van der Waals surface area (Å²) in [6.45, 7) is 0. The molecule has 0 N–H and O–H groups in total.